The van der Waals surface area contributed by atoms with Crippen LogP contribution in [0.2, 0.25) is 0 Å². The summed E-state index contributed by atoms with van der Waals surface area (Å²) in [4.78, 5) is 24.8. The highest BCUT2D eigenvalue weighted by Gasteiger charge is 2.22. The lowest BCUT2D eigenvalue weighted by molar-refractivity contribution is 0.549. The first-order chi connectivity index (χ1) is 25.3. The number of pyridine rings is 3. The average Bonchev–Trinajstić information content (AvgIpc) is 3.60. The van der Waals surface area contributed by atoms with Gasteiger partial charge in [-0.25, -0.2) is 15.0 Å². The summed E-state index contributed by atoms with van der Waals surface area (Å²) in [5, 5.41) is 3.05. The number of hydrogen-bond acceptors (Lipinski definition) is 6. The monoisotopic (exact) mass is 655 g/mol. The molecule has 0 saturated carbocycles. The molecule has 5 aromatic heterocycles. The predicted octanol–water partition coefficient (Wildman–Crippen LogP) is 11.0. The van der Waals surface area contributed by atoms with Gasteiger partial charge < -0.3 is 4.42 Å². The van der Waals surface area contributed by atoms with Crippen molar-refractivity contribution in [2.24, 2.45) is 0 Å². The van der Waals surface area contributed by atoms with Crippen molar-refractivity contribution in [2.45, 2.75) is 12.8 Å². The Kier molecular flexibility index (Phi) is 6.84. The van der Waals surface area contributed by atoms with E-state index in [0.717, 1.165) is 102 Å². The molecular weight excluding hydrogens is 627 g/mol. The van der Waals surface area contributed by atoms with Crippen LogP contribution in [-0.4, -0.2) is 24.9 Å². The van der Waals surface area contributed by atoms with E-state index in [0.29, 0.717) is 5.82 Å². The Morgan fingerprint density at radius 3 is 2.04 bits per heavy atom. The van der Waals surface area contributed by atoms with Crippen LogP contribution < -0.4 is 0 Å². The van der Waals surface area contributed by atoms with E-state index in [4.69, 9.17) is 24.4 Å². The maximum atomic E-state index is 6.63. The Balaban J connectivity index is 1.18. The van der Waals surface area contributed by atoms with E-state index in [2.05, 4.69) is 83.9 Å². The van der Waals surface area contributed by atoms with Crippen molar-refractivity contribution in [1.29, 1.82) is 0 Å². The topological polar surface area (TPSA) is 77.6 Å². The van der Waals surface area contributed by atoms with Crippen LogP contribution in [0.4, 0.5) is 0 Å². The van der Waals surface area contributed by atoms with Gasteiger partial charge in [0.1, 0.15) is 16.9 Å². The zero-order chi connectivity index (χ0) is 33.7. The molecule has 0 amide bonds. The second-order valence-corrected chi connectivity index (χ2v) is 12.8. The molecule has 0 fully saturated rings. The van der Waals surface area contributed by atoms with E-state index >= 15 is 0 Å². The number of furan rings is 1. The lowest BCUT2D eigenvalue weighted by atomic mass is 9.97. The van der Waals surface area contributed by atoms with Gasteiger partial charge in [-0.1, -0.05) is 103 Å². The molecule has 6 heteroatoms. The molecule has 0 saturated heterocycles. The second-order valence-electron chi connectivity index (χ2n) is 12.8. The third kappa shape index (κ3) is 5.08. The predicted molar refractivity (Wildman–Crippen MR) is 205 cm³/mol. The molecule has 0 aliphatic heterocycles. The summed E-state index contributed by atoms with van der Waals surface area (Å²) in [5.41, 5.74) is 12.1. The third-order valence-corrected chi connectivity index (χ3v) is 9.68. The minimum absolute atomic E-state index is 0.648. The van der Waals surface area contributed by atoms with Crippen molar-refractivity contribution < 1.29 is 4.42 Å². The molecular formula is C45H29N5O. The van der Waals surface area contributed by atoms with Gasteiger partial charge in [-0.15, -0.1) is 0 Å². The van der Waals surface area contributed by atoms with Gasteiger partial charge in [0.05, 0.1) is 28.0 Å². The van der Waals surface area contributed by atoms with Crippen LogP contribution in [0.5, 0.6) is 0 Å². The number of nitrogens with zero attached hydrogens (tertiary/aromatic N) is 5. The van der Waals surface area contributed by atoms with Crippen molar-refractivity contribution in [2.75, 3.05) is 0 Å². The summed E-state index contributed by atoms with van der Waals surface area (Å²) < 4.78 is 6.63. The van der Waals surface area contributed by atoms with Crippen LogP contribution in [0.3, 0.4) is 0 Å². The fraction of sp³-hybridized carbons (Fsp3) is 0.0444. The molecule has 1 aliphatic carbocycles. The SMILES string of the molecule is C1=Cc2c(oc3c2ccc2c(-c4ccncc4)nc4cc(-c5cc(-c6ccc(-c7ccccc7)cc6)nc(-c6ccccc6)n5)cnc4c23)CC1. The highest BCUT2D eigenvalue weighted by atomic mass is 16.3. The Labute approximate surface area is 293 Å². The number of aryl methyl sites for hydroxylation is 1. The molecule has 0 atom stereocenters. The zero-order valence-electron chi connectivity index (χ0n) is 27.5. The summed E-state index contributed by atoms with van der Waals surface area (Å²) in [5.74, 6) is 1.67. The molecule has 6 nitrogen and oxygen atoms in total. The Morgan fingerprint density at radius 1 is 0.569 bits per heavy atom. The van der Waals surface area contributed by atoms with Gasteiger partial charge in [-0.3, -0.25) is 9.97 Å². The van der Waals surface area contributed by atoms with Crippen molar-refractivity contribution in [3.8, 4) is 56.3 Å². The zero-order valence-corrected chi connectivity index (χ0v) is 27.5. The molecule has 0 spiro atoms. The molecule has 1 aliphatic rings. The quantitative estimate of drug-likeness (QED) is 0.172. The summed E-state index contributed by atoms with van der Waals surface area (Å²) in [6, 6.07) is 41.5. The molecule has 4 aromatic carbocycles. The minimum atomic E-state index is 0.648. The van der Waals surface area contributed by atoms with E-state index in [1.54, 1.807) is 12.4 Å². The van der Waals surface area contributed by atoms with E-state index < -0.39 is 0 Å². The van der Waals surface area contributed by atoms with Crippen LogP contribution >= 0.6 is 0 Å². The van der Waals surface area contributed by atoms with Gasteiger partial charge >= 0.3 is 0 Å². The van der Waals surface area contributed by atoms with Gasteiger partial charge in [0.15, 0.2) is 5.82 Å². The molecule has 51 heavy (non-hydrogen) atoms. The number of aromatic nitrogens is 5. The van der Waals surface area contributed by atoms with Crippen molar-refractivity contribution in [3.63, 3.8) is 0 Å². The third-order valence-electron chi connectivity index (χ3n) is 9.68. The normalized spacial score (nSPS) is 12.5. The molecule has 0 N–H and O–H groups in total. The lowest BCUT2D eigenvalue weighted by Crippen LogP contribution is -1.97. The van der Waals surface area contributed by atoms with Gasteiger partial charge in [-0.05, 0) is 47.9 Å². The summed E-state index contributed by atoms with van der Waals surface area (Å²) in [6.07, 6.45) is 11.8. The molecule has 240 valence electrons. The number of hydrogen-bond donors (Lipinski definition) is 0. The van der Waals surface area contributed by atoms with E-state index in [1.807, 2.05) is 60.8 Å². The second kappa shape index (κ2) is 12.0. The number of allylic oxidation sites excluding steroid dienone is 1. The highest BCUT2D eigenvalue weighted by molar-refractivity contribution is 6.20. The van der Waals surface area contributed by atoms with E-state index in [9.17, 15) is 0 Å². The smallest absolute Gasteiger partial charge is 0.160 e. The summed E-state index contributed by atoms with van der Waals surface area (Å²) >= 11 is 0. The summed E-state index contributed by atoms with van der Waals surface area (Å²) in [6.45, 7) is 0. The fourth-order valence-corrected chi connectivity index (χ4v) is 7.15. The molecule has 0 unspecified atom stereocenters. The number of fused-ring (bicyclic) bond motifs is 7. The van der Waals surface area contributed by atoms with Crippen molar-refractivity contribution >= 4 is 38.9 Å². The van der Waals surface area contributed by atoms with E-state index in [1.165, 1.54) is 5.56 Å². The molecule has 10 rings (SSSR count). The van der Waals surface area contributed by atoms with Crippen LogP contribution in [0, 0.1) is 0 Å². The highest BCUT2D eigenvalue weighted by Crippen LogP contribution is 2.41. The lowest BCUT2D eigenvalue weighted by Gasteiger charge is -2.12. The Bertz CT molecular complexity index is 2770. The van der Waals surface area contributed by atoms with Crippen molar-refractivity contribution in [1.82, 2.24) is 24.9 Å². The maximum absolute atomic E-state index is 6.63. The van der Waals surface area contributed by atoms with Crippen LogP contribution in [0.1, 0.15) is 17.7 Å². The maximum Gasteiger partial charge on any atom is 0.160 e. The Morgan fingerprint density at radius 2 is 1.25 bits per heavy atom. The molecule has 0 bridgehead atoms. The molecule has 0 radical (unpaired) electrons. The minimum Gasteiger partial charge on any atom is -0.460 e. The first-order valence-corrected chi connectivity index (χ1v) is 17.1. The van der Waals surface area contributed by atoms with E-state index in [-0.39, 0.29) is 0 Å². The number of rotatable bonds is 5. The first kappa shape index (κ1) is 29.2. The molecule has 5 heterocycles. The van der Waals surface area contributed by atoms with Gasteiger partial charge in [0.2, 0.25) is 0 Å². The first-order valence-electron chi connectivity index (χ1n) is 17.1. The number of benzene rings is 4. The fourth-order valence-electron chi connectivity index (χ4n) is 7.15. The van der Waals surface area contributed by atoms with Gasteiger partial charge in [-0.2, -0.15) is 0 Å². The van der Waals surface area contributed by atoms with Crippen LogP contribution in [0.15, 0.2) is 150 Å². The van der Waals surface area contributed by atoms with Gasteiger partial charge in [0.25, 0.3) is 0 Å². The molecule has 9 aromatic rings. The van der Waals surface area contributed by atoms with Gasteiger partial charge in [0, 0.05) is 63.6 Å². The van der Waals surface area contributed by atoms with Crippen LogP contribution in [0.25, 0.3) is 95.1 Å². The average molecular weight is 656 g/mol. The standard InChI is InChI=1S/C45H29N5O/c1-3-9-28(10-4-1)29-15-17-30(18-16-29)37-26-38(50-45(49-37)32-11-5-2-6-12-32)33-25-39-43(47-27-33)41-36(42(48-39)31-21-23-46-24-22-31)20-19-35-34-13-7-8-14-40(34)51-44(35)41/h1-7,9-13,15-27H,8,14H2. The van der Waals surface area contributed by atoms with Crippen molar-refractivity contribution in [3.05, 3.63) is 157 Å². The summed E-state index contributed by atoms with van der Waals surface area (Å²) in [7, 11) is 0. The Hall–Kier alpha value is -6.79. The largest absolute Gasteiger partial charge is 0.460 e. The van der Waals surface area contributed by atoms with Crippen LogP contribution in [-0.2, 0) is 6.42 Å².